The van der Waals surface area contributed by atoms with Crippen LogP contribution in [0.25, 0.3) is 10.0 Å². The molecule has 0 aliphatic heterocycles. The molecule has 0 atom stereocenters. The zero-order valence-electron chi connectivity index (χ0n) is 15.5. The molecule has 0 fully saturated rings. The van der Waals surface area contributed by atoms with Crippen molar-refractivity contribution >= 4 is 29.5 Å². The van der Waals surface area contributed by atoms with Crippen molar-refractivity contribution in [2.45, 2.75) is 6.42 Å². The molecule has 0 saturated carbocycles. The Morgan fingerprint density at radius 1 is 0.500 bits per heavy atom. The fourth-order valence-electron chi connectivity index (χ4n) is 3.88. The summed E-state index contributed by atoms with van der Waals surface area (Å²) in [6.07, 6.45) is 0.983. The fraction of sp³-hybridized carbons (Fsp3) is 0.0370. The van der Waals surface area contributed by atoms with Gasteiger partial charge in [0.1, 0.15) is 0 Å². The second-order valence-corrected chi connectivity index (χ2v) is 9.25. The molecule has 1 aliphatic carbocycles. The van der Waals surface area contributed by atoms with E-state index in [1.165, 1.54) is 42.3 Å². The second-order valence-electron chi connectivity index (χ2n) is 6.98. The van der Waals surface area contributed by atoms with E-state index in [2.05, 4.69) is 109 Å². The van der Waals surface area contributed by atoms with Crippen molar-refractivity contribution in [3.8, 4) is 0 Å². The van der Waals surface area contributed by atoms with Crippen LogP contribution >= 0.6 is 0 Å². The van der Waals surface area contributed by atoms with Crippen LogP contribution in [0.1, 0.15) is 27.8 Å². The van der Waals surface area contributed by atoms with Crippen molar-refractivity contribution in [3.63, 3.8) is 0 Å². The van der Waals surface area contributed by atoms with Gasteiger partial charge in [0.2, 0.25) is 0 Å². The first kappa shape index (κ1) is 17.3. The summed E-state index contributed by atoms with van der Waals surface area (Å²) in [7, 11) is 0. The first-order valence-corrected chi connectivity index (χ1v) is 11.3. The number of hydrogen-bond acceptors (Lipinski definition) is 0. The van der Waals surface area contributed by atoms with Crippen LogP contribution in [0.15, 0.2) is 109 Å². The van der Waals surface area contributed by atoms with Gasteiger partial charge in [0, 0.05) is 0 Å². The molecule has 0 unspecified atom stereocenters. The van der Waals surface area contributed by atoms with E-state index in [1.807, 2.05) is 0 Å². The molecule has 4 aromatic carbocycles. The van der Waals surface area contributed by atoms with Crippen LogP contribution in [0.4, 0.5) is 0 Å². The third-order valence-corrected chi connectivity index (χ3v) is 7.57. The van der Waals surface area contributed by atoms with Gasteiger partial charge in [-0.15, -0.1) is 0 Å². The minimum atomic E-state index is 0.222. The first-order valence-electron chi connectivity index (χ1n) is 9.59. The summed E-state index contributed by atoms with van der Waals surface area (Å²) >= 11 is 0.222. The molecule has 28 heavy (non-hydrogen) atoms. The van der Waals surface area contributed by atoms with E-state index in [9.17, 15) is 0 Å². The zero-order chi connectivity index (χ0) is 18.8. The minimum absolute atomic E-state index is 0.222. The molecule has 1 heteroatoms. The Balaban J connectivity index is 1.84. The van der Waals surface area contributed by atoms with Crippen molar-refractivity contribution in [2.24, 2.45) is 0 Å². The van der Waals surface area contributed by atoms with E-state index in [0.717, 1.165) is 6.42 Å². The molecule has 0 heterocycles. The third-order valence-electron chi connectivity index (χ3n) is 5.18. The van der Waals surface area contributed by atoms with Gasteiger partial charge < -0.3 is 0 Å². The van der Waals surface area contributed by atoms with Crippen molar-refractivity contribution in [3.05, 3.63) is 137 Å². The van der Waals surface area contributed by atoms with Gasteiger partial charge in [-0.05, 0) is 0 Å². The standard InChI is InChI=1S/C27H20Se/c1-3-11-20(12-4-1)26-24-17-9-7-13-21(24)19-22-14-8-10-18-25(22)27(26)28-23-15-5-2-6-16-23/h1-18H,19H2. The van der Waals surface area contributed by atoms with Crippen LogP contribution < -0.4 is 4.46 Å². The predicted octanol–water partition coefficient (Wildman–Crippen LogP) is 5.54. The fourth-order valence-corrected chi connectivity index (χ4v) is 6.33. The van der Waals surface area contributed by atoms with E-state index < -0.39 is 0 Å². The summed E-state index contributed by atoms with van der Waals surface area (Å²) in [5, 5.41) is 0. The maximum absolute atomic E-state index is 2.31. The van der Waals surface area contributed by atoms with Crippen LogP contribution in [-0.2, 0) is 6.42 Å². The Hall–Kier alpha value is -2.86. The van der Waals surface area contributed by atoms with Gasteiger partial charge in [-0.3, -0.25) is 0 Å². The van der Waals surface area contributed by atoms with Gasteiger partial charge in [-0.25, -0.2) is 0 Å². The normalized spacial score (nSPS) is 12.9. The molecule has 134 valence electrons. The summed E-state index contributed by atoms with van der Waals surface area (Å²) in [4.78, 5) is 0. The van der Waals surface area contributed by atoms with Gasteiger partial charge >= 0.3 is 173 Å². The van der Waals surface area contributed by atoms with E-state index in [0.29, 0.717) is 0 Å². The van der Waals surface area contributed by atoms with E-state index in [4.69, 9.17) is 0 Å². The summed E-state index contributed by atoms with van der Waals surface area (Å²) in [5.74, 6) is 0. The average molecular weight is 423 g/mol. The summed E-state index contributed by atoms with van der Waals surface area (Å²) in [6, 6.07) is 39.7. The number of rotatable bonds is 3. The molecule has 0 aromatic heterocycles. The Bertz CT molecular complexity index is 1140. The zero-order valence-corrected chi connectivity index (χ0v) is 17.2. The summed E-state index contributed by atoms with van der Waals surface area (Å²) in [5.41, 5.74) is 8.31. The molecule has 0 radical (unpaired) electrons. The van der Waals surface area contributed by atoms with Gasteiger partial charge in [-0.2, -0.15) is 0 Å². The van der Waals surface area contributed by atoms with Crippen LogP contribution in [0.2, 0.25) is 0 Å². The molecule has 1 aliphatic rings. The van der Waals surface area contributed by atoms with E-state index in [1.54, 1.807) is 0 Å². The van der Waals surface area contributed by atoms with E-state index in [-0.39, 0.29) is 15.0 Å². The molecule has 0 amide bonds. The molecule has 0 saturated heterocycles. The van der Waals surface area contributed by atoms with Crippen LogP contribution in [0, 0.1) is 0 Å². The maximum atomic E-state index is 2.31. The molecular formula is C27H20Se. The van der Waals surface area contributed by atoms with Gasteiger partial charge in [0.25, 0.3) is 0 Å². The predicted molar refractivity (Wildman–Crippen MR) is 120 cm³/mol. The van der Waals surface area contributed by atoms with Crippen LogP contribution in [0.5, 0.6) is 0 Å². The molecule has 0 spiro atoms. The number of benzene rings is 4. The summed E-state index contributed by atoms with van der Waals surface area (Å²) in [6.45, 7) is 0. The van der Waals surface area contributed by atoms with Crippen molar-refractivity contribution in [1.82, 2.24) is 0 Å². The van der Waals surface area contributed by atoms with Crippen LogP contribution in [-0.4, -0.2) is 15.0 Å². The van der Waals surface area contributed by atoms with Crippen LogP contribution in [0.3, 0.4) is 0 Å². The number of hydrogen-bond donors (Lipinski definition) is 0. The summed E-state index contributed by atoms with van der Waals surface area (Å²) < 4.78 is 2.89. The molecule has 4 aromatic rings. The molecule has 0 N–H and O–H groups in total. The molecule has 0 nitrogen and oxygen atoms in total. The van der Waals surface area contributed by atoms with Crippen molar-refractivity contribution < 1.29 is 0 Å². The molecular weight excluding hydrogens is 403 g/mol. The van der Waals surface area contributed by atoms with E-state index >= 15 is 0 Å². The van der Waals surface area contributed by atoms with Gasteiger partial charge in [-0.1, -0.05) is 0 Å². The Morgan fingerprint density at radius 2 is 1.04 bits per heavy atom. The average Bonchev–Trinajstić information content (AvgIpc) is 2.89. The second kappa shape index (κ2) is 7.64. The molecule has 0 bridgehead atoms. The van der Waals surface area contributed by atoms with Crippen molar-refractivity contribution in [1.29, 1.82) is 0 Å². The third kappa shape index (κ3) is 3.24. The Kier molecular flexibility index (Phi) is 4.71. The monoisotopic (exact) mass is 424 g/mol. The Morgan fingerprint density at radius 3 is 1.75 bits per heavy atom. The number of fused-ring (bicyclic) bond motifs is 2. The Labute approximate surface area is 172 Å². The van der Waals surface area contributed by atoms with Gasteiger partial charge in [0.05, 0.1) is 0 Å². The quantitative estimate of drug-likeness (QED) is 0.380. The molecule has 5 rings (SSSR count). The first-order chi connectivity index (χ1) is 13.9. The van der Waals surface area contributed by atoms with Crippen molar-refractivity contribution in [2.75, 3.05) is 0 Å². The SMILES string of the molecule is c1ccc([Se]C2=C(c3ccccc3)c3ccccc3Cc3ccccc32)cc1. The topological polar surface area (TPSA) is 0 Å². The van der Waals surface area contributed by atoms with Gasteiger partial charge in [0.15, 0.2) is 0 Å².